The largest absolute Gasteiger partial charge is 0.492 e. The van der Waals surface area contributed by atoms with Crippen molar-refractivity contribution in [2.45, 2.75) is 38.5 Å². The zero-order valence-corrected chi connectivity index (χ0v) is 47.5. The monoisotopic (exact) mass is 1160 g/mol. The number of imidazole rings is 2. The molecule has 23 nitrogen and oxygen atoms in total. The van der Waals surface area contributed by atoms with Gasteiger partial charge in [-0.1, -0.05) is 57.3 Å². The van der Waals surface area contributed by atoms with Crippen LogP contribution in [0.25, 0.3) is 52.9 Å². The van der Waals surface area contributed by atoms with Crippen LogP contribution < -0.4 is 30.7 Å². The van der Waals surface area contributed by atoms with Gasteiger partial charge in [-0.3, -0.25) is 34.0 Å². The highest BCUT2D eigenvalue weighted by atomic mass is 32.1. The Balaban J connectivity index is 0.000000174. The minimum Gasteiger partial charge on any atom is -0.492 e. The van der Waals surface area contributed by atoms with E-state index in [1.165, 1.54) is 26.0 Å². The summed E-state index contributed by atoms with van der Waals surface area (Å²) in [5.74, 6) is 1.49. The molecule has 2 aliphatic rings. The van der Waals surface area contributed by atoms with Crippen molar-refractivity contribution in [2.75, 3.05) is 100 Å². The quantitative estimate of drug-likeness (QED) is 0.0500. The van der Waals surface area contributed by atoms with E-state index in [4.69, 9.17) is 38.0 Å². The molecule has 8 heterocycles. The maximum Gasteiger partial charge on any atom is 0.324 e. The first-order valence-electron chi connectivity index (χ1n) is 26.8. The molecule has 0 spiro atoms. The van der Waals surface area contributed by atoms with Gasteiger partial charge in [0.25, 0.3) is 0 Å². The Kier molecular flexibility index (Phi) is 16.5. The molecular formula is C58H60N12O11S2. The lowest BCUT2D eigenvalue weighted by Gasteiger charge is -2.26. The Hall–Kier alpha value is -8.72. The van der Waals surface area contributed by atoms with Crippen LogP contribution in [-0.2, 0) is 29.9 Å². The third kappa shape index (κ3) is 13.1. The third-order valence-corrected chi connectivity index (χ3v) is 16.2. The highest BCUT2D eigenvalue weighted by Gasteiger charge is 2.34. The third-order valence-electron chi connectivity index (χ3n) is 14.2. The van der Waals surface area contributed by atoms with Crippen LogP contribution in [0.15, 0.2) is 119 Å². The van der Waals surface area contributed by atoms with E-state index < -0.39 is 28.9 Å². The molecule has 0 aliphatic carbocycles. The zero-order chi connectivity index (χ0) is 57.7. The molecular weight excluding hydrogens is 1100 g/mol. The number of carbonyl (C=O) groups excluding carboxylic acids is 3. The molecule has 2 aliphatic heterocycles. The van der Waals surface area contributed by atoms with Gasteiger partial charge in [-0.05, 0) is 88.4 Å². The maximum atomic E-state index is 12.4. The molecule has 12 rings (SSSR count). The fourth-order valence-electron chi connectivity index (χ4n) is 9.09. The molecule has 0 atom stereocenters. The molecule has 83 heavy (non-hydrogen) atoms. The molecule has 2 fully saturated rings. The fraction of sp³-hybridized carbons (Fsp3) is 0.310. The minimum absolute atomic E-state index is 0.116. The Labute approximate surface area is 483 Å². The number of urea groups is 2. The number of ether oxygens (including phenoxy) is 4. The SMILES string of the molecule is CC(C)(C(=O)O)c1cc(NC(=O)Nc2ccc(-c3cn4c(n3)sc3cc(OCCN5CCOCC5)ccc34)cc2)no1.CC(C)(C=O)c1cc(NC(=O)Nc2ccc(-c3cn4c(n3)sc3cc(OCCN5CCOCC5)ccc34)cc2)no1. The van der Waals surface area contributed by atoms with Gasteiger partial charge in [0, 0.05) is 86.3 Å². The summed E-state index contributed by atoms with van der Waals surface area (Å²) < 4.78 is 39.5. The summed E-state index contributed by atoms with van der Waals surface area (Å²) in [6, 6.07) is 28.9. The van der Waals surface area contributed by atoms with Crippen molar-refractivity contribution >= 4 is 100 Å². The van der Waals surface area contributed by atoms with Crippen LogP contribution in [0.4, 0.5) is 32.6 Å². The van der Waals surface area contributed by atoms with E-state index in [0.717, 1.165) is 136 Å². The van der Waals surface area contributed by atoms with Gasteiger partial charge in [0.1, 0.15) is 36.4 Å². The first-order chi connectivity index (χ1) is 40.1. The molecule has 2 saturated heterocycles. The van der Waals surface area contributed by atoms with Crippen LogP contribution in [0.2, 0.25) is 0 Å². The number of aromatic nitrogens is 6. The lowest BCUT2D eigenvalue weighted by Crippen LogP contribution is -2.38. The topological polar surface area (TPSA) is 267 Å². The molecule has 0 unspecified atom stereocenters. The number of hydrogen-bond acceptors (Lipinski definition) is 18. The number of nitrogens with one attached hydrogen (secondary N) is 4. The second-order valence-corrected chi connectivity index (χ2v) is 22.9. The van der Waals surface area contributed by atoms with Crippen LogP contribution in [0.5, 0.6) is 11.5 Å². The summed E-state index contributed by atoms with van der Waals surface area (Å²) in [7, 11) is 0. The van der Waals surface area contributed by atoms with Crippen LogP contribution >= 0.6 is 22.7 Å². The van der Waals surface area contributed by atoms with Crippen molar-refractivity contribution < 1.29 is 52.3 Å². The number of nitrogens with zero attached hydrogens (tertiary/aromatic N) is 8. The number of carboxylic acids is 1. The van der Waals surface area contributed by atoms with Crippen molar-refractivity contribution in [3.05, 3.63) is 121 Å². The van der Waals surface area contributed by atoms with Crippen molar-refractivity contribution in [1.82, 2.24) is 38.9 Å². The molecule has 4 amide bonds. The number of morpholine rings is 2. The van der Waals surface area contributed by atoms with E-state index in [-0.39, 0.29) is 17.4 Å². The van der Waals surface area contributed by atoms with E-state index in [1.54, 1.807) is 48.7 Å². The summed E-state index contributed by atoms with van der Waals surface area (Å²) in [6.07, 6.45) is 4.79. The number of aliphatic carboxylic acids is 1. The average molecular weight is 1170 g/mol. The Bertz CT molecular complexity index is 3920. The summed E-state index contributed by atoms with van der Waals surface area (Å²) in [6.45, 7) is 16.4. The average Bonchev–Trinajstić information content (AvgIpc) is 3.06. The zero-order valence-electron chi connectivity index (χ0n) is 45.9. The van der Waals surface area contributed by atoms with Gasteiger partial charge in [0.2, 0.25) is 0 Å². The van der Waals surface area contributed by atoms with Gasteiger partial charge < -0.3 is 48.5 Å². The van der Waals surface area contributed by atoms with Gasteiger partial charge in [-0.2, -0.15) is 0 Å². The van der Waals surface area contributed by atoms with E-state index in [9.17, 15) is 24.3 Å². The normalized spacial score (nSPS) is 14.4. The lowest BCUT2D eigenvalue weighted by atomic mass is 9.91. The van der Waals surface area contributed by atoms with Crippen LogP contribution in [-0.4, -0.2) is 147 Å². The minimum atomic E-state index is -1.27. The molecule has 0 bridgehead atoms. The number of benzene rings is 4. The molecule has 25 heteroatoms. The standard InChI is InChI=1S/C29H30N6O6S.C29H30N6O5S/c1-29(2,26(36)37)24-16-25(33-41-24)32-27(38)30-19-5-3-18(4-6-19)21-17-35-22-8-7-20(15-23(22)42-28(35)31-21)40-14-11-34-9-12-39-13-10-34;1-29(2,18-36)25-16-26(33-40-25)32-27(37)30-20-5-3-19(4-6-20)22-17-35-23-8-7-21(15-24(23)41-28(35)31-22)39-14-11-34-9-12-38-13-10-34/h3-8,15-17H,9-14H2,1-2H3,(H,36,37)(H2,30,32,33,38);3-8,15-18H,9-14H2,1-2H3,(H2,30,32,33,37). The second-order valence-electron chi connectivity index (χ2n) is 20.9. The second kappa shape index (κ2) is 24.4. The molecule has 10 aromatic rings. The Morgan fingerprint density at radius 1 is 0.602 bits per heavy atom. The Morgan fingerprint density at radius 2 is 1.04 bits per heavy atom. The lowest BCUT2D eigenvalue weighted by molar-refractivity contribution is -0.143. The van der Waals surface area contributed by atoms with Crippen molar-refractivity contribution in [3.8, 4) is 34.0 Å². The van der Waals surface area contributed by atoms with E-state index in [2.05, 4.69) is 74.4 Å². The number of carboxylic acid groups (broad SMARTS) is 1. The first-order valence-corrected chi connectivity index (χ1v) is 28.5. The predicted molar refractivity (Wildman–Crippen MR) is 316 cm³/mol. The number of rotatable bonds is 18. The van der Waals surface area contributed by atoms with Gasteiger partial charge >= 0.3 is 18.0 Å². The van der Waals surface area contributed by atoms with Gasteiger partial charge in [0.05, 0.1) is 63.7 Å². The molecule has 430 valence electrons. The van der Waals surface area contributed by atoms with Crippen LogP contribution in [0, 0.1) is 0 Å². The van der Waals surface area contributed by atoms with Gasteiger partial charge in [0.15, 0.2) is 33.1 Å². The molecule has 0 radical (unpaired) electrons. The number of hydrogen-bond donors (Lipinski definition) is 5. The highest BCUT2D eigenvalue weighted by molar-refractivity contribution is 7.24. The molecule has 5 N–H and O–H groups in total. The number of aldehydes is 1. The number of anilines is 4. The smallest absolute Gasteiger partial charge is 0.324 e. The predicted octanol–water partition coefficient (Wildman–Crippen LogP) is 9.96. The van der Waals surface area contributed by atoms with Crippen LogP contribution in [0.1, 0.15) is 39.2 Å². The van der Waals surface area contributed by atoms with Gasteiger partial charge in [-0.15, -0.1) is 0 Å². The summed E-state index contributed by atoms with van der Waals surface area (Å²) in [4.78, 5) is 63.6. The summed E-state index contributed by atoms with van der Waals surface area (Å²) in [5, 5.41) is 27.5. The Morgan fingerprint density at radius 3 is 1.47 bits per heavy atom. The van der Waals surface area contributed by atoms with Gasteiger partial charge in [-0.25, -0.2) is 19.6 Å². The maximum absolute atomic E-state index is 12.4. The number of carbonyl (C=O) groups is 4. The number of amides is 4. The van der Waals surface area contributed by atoms with E-state index in [1.807, 2.05) is 60.9 Å². The molecule has 6 aromatic heterocycles. The number of thiazole rings is 2. The fourth-order valence-corrected chi connectivity index (χ4v) is 11.2. The van der Waals surface area contributed by atoms with Crippen molar-refractivity contribution in [1.29, 1.82) is 0 Å². The highest BCUT2D eigenvalue weighted by Crippen LogP contribution is 2.35. The van der Waals surface area contributed by atoms with Crippen molar-refractivity contribution in [2.24, 2.45) is 0 Å². The van der Waals surface area contributed by atoms with Crippen LogP contribution in [0.3, 0.4) is 0 Å². The number of fused-ring (bicyclic) bond motifs is 6. The molecule has 0 saturated carbocycles. The molecule has 4 aromatic carbocycles. The summed E-state index contributed by atoms with van der Waals surface area (Å²) >= 11 is 3.22. The van der Waals surface area contributed by atoms with Crippen molar-refractivity contribution in [3.63, 3.8) is 0 Å². The first kappa shape index (κ1) is 56.2. The summed E-state index contributed by atoms with van der Waals surface area (Å²) in [5.41, 5.74) is 4.72. The van der Waals surface area contributed by atoms with E-state index in [0.29, 0.717) is 30.3 Å². The van der Waals surface area contributed by atoms with E-state index >= 15 is 0 Å².